The molecule has 10 heteroatoms. The zero-order valence-corrected chi connectivity index (χ0v) is 9.30. The van der Waals surface area contributed by atoms with Crippen molar-refractivity contribution in [3.05, 3.63) is 17.8 Å². The van der Waals surface area contributed by atoms with Crippen LogP contribution in [0.2, 0.25) is 0 Å². The highest BCUT2D eigenvalue weighted by Gasteiger charge is 2.60. The van der Waals surface area contributed by atoms with Gasteiger partial charge in [-0.05, 0) is 6.92 Å². The Labute approximate surface area is 102 Å². The van der Waals surface area contributed by atoms with Crippen LogP contribution in [0.5, 0.6) is 0 Å². The average Bonchev–Trinajstić information content (AvgIpc) is 2.61. The summed E-state index contributed by atoms with van der Waals surface area (Å²) < 4.78 is 83.1. The van der Waals surface area contributed by atoms with Crippen LogP contribution < -0.4 is 0 Å². The lowest BCUT2D eigenvalue weighted by Gasteiger charge is -2.21. The molecule has 0 radical (unpaired) electrons. The molecule has 0 amide bonds. The second-order valence-corrected chi connectivity index (χ2v) is 3.30. The molecule has 1 heterocycles. The maximum absolute atomic E-state index is 12.4. The van der Waals surface area contributed by atoms with Crippen LogP contribution in [0.4, 0.5) is 26.3 Å². The number of hydrogen-bond acceptors (Lipinski definition) is 4. The van der Waals surface area contributed by atoms with Crippen LogP contribution in [0.15, 0.2) is 10.8 Å². The minimum absolute atomic E-state index is 0.228. The normalized spacial score (nSPS) is 12.8. The third kappa shape index (κ3) is 3.38. The van der Waals surface area contributed by atoms with Crippen molar-refractivity contribution in [3.8, 4) is 0 Å². The Bertz CT molecular complexity index is 436. The van der Waals surface area contributed by atoms with Crippen LogP contribution in [0.1, 0.15) is 29.1 Å². The van der Waals surface area contributed by atoms with E-state index in [2.05, 4.69) is 14.1 Å². The van der Waals surface area contributed by atoms with Gasteiger partial charge < -0.3 is 9.15 Å². The molecule has 0 atom stereocenters. The van der Waals surface area contributed by atoms with Crippen LogP contribution >= 0.6 is 0 Å². The molecule has 0 saturated heterocycles. The molecule has 1 aromatic rings. The zero-order chi connectivity index (χ0) is 14.8. The largest absolute Gasteiger partial charge is 0.461 e. The van der Waals surface area contributed by atoms with Crippen LogP contribution in [0, 0.1) is 0 Å². The number of hydrogen-bond donors (Lipinski definition) is 0. The molecular weight excluding hydrogens is 284 g/mol. The van der Waals surface area contributed by atoms with E-state index in [-0.39, 0.29) is 6.61 Å². The Kier molecular flexibility index (Phi) is 4.11. The molecule has 1 rings (SSSR count). The van der Waals surface area contributed by atoms with E-state index in [4.69, 9.17) is 0 Å². The number of oxazole rings is 1. The number of carbonyl (C=O) groups is 1. The first kappa shape index (κ1) is 15.3. The first-order chi connectivity index (χ1) is 8.59. The highest BCUT2D eigenvalue weighted by atomic mass is 19.4. The zero-order valence-electron chi connectivity index (χ0n) is 9.30. The number of alkyl halides is 6. The predicted molar refractivity (Wildman–Crippen MR) is 47.3 cm³/mol. The molecular formula is C9H7F6NO3. The molecule has 108 valence electrons. The molecule has 0 aliphatic rings. The van der Waals surface area contributed by atoms with Gasteiger partial charge in [-0.15, -0.1) is 0 Å². The minimum Gasteiger partial charge on any atom is -0.461 e. The van der Waals surface area contributed by atoms with Crippen molar-refractivity contribution in [2.45, 2.75) is 25.2 Å². The molecule has 0 unspecified atom stereocenters. The van der Waals surface area contributed by atoms with Gasteiger partial charge in [-0.3, -0.25) is 0 Å². The summed E-state index contributed by atoms with van der Waals surface area (Å²) in [5, 5.41) is 0. The summed E-state index contributed by atoms with van der Waals surface area (Å²) in [5.74, 6) is -6.97. The Morgan fingerprint density at radius 1 is 1.32 bits per heavy atom. The van der Waals surface area contributed by atoms with E-state index in [1.165, 1.54) is 6.92 Å². The monoisotopic (exact) mass is 291 g/mol. The molecule has 0 bridgehead atoms. The van der Waals surface area contributed by atoms with Gasteiger partial charge >= 0.3 is 18.3 Å². The maximum atomic E-state index is 12.4. The molecule has 0 aliphatic heterocycles. The minimum atomic E-state index is -5.67. The predicted octanol–water partition coefficient (Wildman–Crippen LogP) is 3.06. The fourth-order valence-corrected chi connectivity index (χ4v) is 1.30. The van der Waals surface area contributed by atoms with Crippen LogP contribution in [0.25, 0.3) is 0 Å². The van der Waals surface area contributed by atoms with Crippen molar-refractivity contribution in [1.29, 1.82) is 0 Å². The highest BCUT2D eigenvalue weighted by molar-refractivity contribution is 5.88. The van der Waals surface area contributed by atoms with E-state index in [1.807, 2.05) is 0 Å². The highest BCUT2D eigenvalue weighted by Crippen LogP contribution is 2.47. The van der Waals surface area contributed by atoms with Gasteiger partial charge in [0.25, 0.3) is 0 Å². The smallest absolute Gasteiger partial charge is 0.407 e. The van der Waals surface area contributed by atoms with E-state index in [9.17, 15) is 31.1 Å². The standard InChI is InChI=1S/C9H7F6NO3/c1-2-18-7(17)4-5(19-3-16-4)6(8(10,11)12)9(13,14)15/h3,6H,2H2,1H3. The van der Waals surface area contributed by atoms with E-state index in [1.54, 1.807) is 0 Å². The molecule has 1 aromatic heterocycles. The summed E-state index contributed by atoms with van der Waals surface area (Å²) >= 11 is 0. The van der Waals surface area contributed by atoms with Crippen molar-refractivity contribution in [2.24, 2.45) is 0 Å². The lowest BCUT2D eigenvalue weighted by atomic mass is 10.0. The molecule has 19 heavy (non-hydrogen) atoms. The van der Waals surface area contributed by atoms with Crippen molar-refractivity contribution in [1.82, 2.24) is 4.98 Å². The number of aromatic nitrogens is 1. The third-order valence-electron chi connectivity index (χ3n) is 1.98. The number of carbonyl (C=O) groups excluding carboxylic acids is 1. The molecule has 0 N–H and O–H groups in total. The molecule has 4 nitrogen and oxygen atoms in total. The molecule has 0 saturated carbocycles. The fourth-order valence-electron chi connectivity index (χ4n) is 1.30. The van der Waals surface area contributed by atoms with Gasteiger partial charge in [-0.2, -0.15) is 26.3 Å². The first-order valence-electron chi connectivity index (χ1n) is 4.83. The van der Waals surface area contributed by atoms with Gasteiger partial charge in [0.1, 0.15) is 0 Å². The van der Waals surface area contributed by atoms with Crippen molar-refractivity contribution in [2.75, 3.05) is 6.61 Å². The second-order valence-electron chi connectivity index (χ2n) is 3.30. The van der Waals surface area contributed by atoms with Crippen LogP contribution in [-0.2, 0) is 4.74 Å². The molecule has 0 aliphatic carbocycles. The SMILES string of the molecule is CCOC(=O)c1ncoc1C(C(F)(F)F)C(F)(F)F. The van der Waals surface area contributed by atoms with Gasteiger partial charge in [0.05, 0.1) is 6.61 Å². The third-order valence-corrected chi connectivity index (χ3v) is 1.98. The summed E-state index contributed by atoms with van der Waals surface area (Å²) in [7, 11) is 0. The van der Waals surface area contributed by atoms with Gasteiger partial charge in [-0.25, -0.2) is 9.78 Å². The quantitative estimate of drug-likeness (QED) is 0.634. The van der Waals surface area contributed by atoms with Crippen molar-refractivity contribution >= 4 is 5.97 Å². The summed E-state index contributed by atoms with van der Waals surface area (Å²) in [6, 6.07) is 0. The Balaban J connectivity index is 3.26. The van der Waals surface area contributed by atoms with E-state index in [0.29, 0.717) is 6.39 Å². The number of nitrogens with zero attached hydrogens (tertiary/aromatic N) is 1. The second kappa shape index (κ2) is 5.10. The maximum Gasteiger partial charge on any atom is 0.407 e. The van der Waals surface area contributed by atoms with Crippen molar-refractivity contribution < 1.29 is 40.3 Å². The van der Waals surface area contributed by atoms with E-state index >= 15 is 0 Å². The Morgan fingerprint density at radius 3 is 2.26 bits per heavy atom. The summed E-state index contributed by atoms with van der Waals surface area (Å²) in [6.45, 7) is 1.11. The molecule has 0 fully saturated rings. The lowest BCUT2D eigenvalue weighted by molar-refractivity contribution is -0.257. The Hall–Kier alpha value is -1.74. The summed E-state index contributed by atoms with van der Waals surface area (Å²) in [6.07, 6.45) is -11.0. The van der Waals surface area contributed by atoms with Gasteiger partial charge in [0, 0.05) is 0 Å². The molecule has 0 spiro atoms. The number of esters is 1. The Morgan fingerprint density at radius 2 is 1.84 bits per heavy atom. The fraction of sp³-hybridized carbons (Fsp3) is 0.556. The lowest BCUT2D eigenvalue weighted by Crippen LogP contribution is -2.35. The van der Waals surface area contributed by atoms with E-state index < -0.39 is 35.7 Å². The topological polar surface area (TPSA) is 52.3 Å². The first-order valence-corrected chi connectivity index (χ1v) is 4.83. The van der Waals surface area contributed by atoms with Crippen LogP contribution in [-0.4, -0.2) is 29.9 Å². The van der Waals surface area contributed by atoms with E-state index in [0.717, 1.165) is 0 Å². The van der Waals surface area contributed by atoms with Gasteiger partial charge in [0.15, 0.2) is 17.8 Å². The number of ether oxygens (including phenoxy) is 1. The average molecular weight is 291 g/mol. The summed E-state index contributed by atoms with van der Waals surface area (Å²) in [5.41, 5.74) is -1.14. The number of halogens is 6. The molecule has 0 aromatic carbocycles. The number of rotatable bonds is 3. The summed E-state index contributed by atoms with van der Waals surface area (Å²) in [4.78, 5) is 14.2. The van der Waals surface area contributed by atoms with Crippen LogP contribution in [0.3, 0.4) is 0 Å². The van der Waals surface area contributed by atoms with Gasteiger partial charge in [0.2, 0.25) is 5.92 Å². The van der Waals surface area contributed by atoms with Gasteiger partial charge in [-0.1, -0.05) is 0 Å². The van der Waals surface area contributed by atoms with Crippen molar-refractivity contribution in [3.63, 3.8) is 0 Å².